The lowest BCUT2D eigenvalue weighted by atomic mass is 10.1. The number of furan rings is 1. The van der Waals surface area contributed by atoms with Gasteiger partial charge in [0.05, 0.1) is 25.8 Å². The Morgan fingerprint density at radius 2 is 1.84 bits per heavy atom. The second-order valence-corrected chi connectivity index (χ2v) is 10.7. The van der Waals surface area contributed by atoms with Gasteiger partial charge in [-0.25, -0.2) is 9.50 Å². The quantitative estimate of drug-likeness (QED) is 0.207. The van der Waals surface area contributed by atoms with Crippen LogP contribution in [0.15, 0.2) is 83.4 Å². The van der Waals surface area contributed by atoms with Crippen LogP contribution in [0.4, 0.5) is 0 Å². The maximum Gasteiger partial charge on any atom is 0.294 e. The lowest BCUT2D eigenvalue weighted by Gasteiger charge is -2.10. The normalized spacial score (nSPS) is 11.5. The van der Waals surface area contributed by atoms with Gasteiger partial charge >= 0.3 is 0 Å². The number of methoxy groups -OCH3 is 2. The average molecular weight is 540 g/mol. The largest absolute Gasteiger partial charge is 0.496 e. The minimum atomic E-state index is 0.408. The zero-order chi connectivity index (χ0) is 25.6. The summed E-state index contributed by atoms with van der Waals surface area (Å²) in [6.45, 7) is 0.408. The molecule has 0 atom stereocenters. The Balaban J connectivity index is 1.19. The zero-order valence-electron chi connectivity index (χ0n) is 20.5. The van der Waals surface area contributed by atoms with Crippen LogP contribution in [0, 0.1) is 0 Å². The van der Waals surface area contributed by atoms with Gasteiger partial charge in [0.1, 0.15) is 29.4 Å². The molecule has 0 bridgehead atoms. The van der Waals surface area contributed by atoms with E-state index in [9.17, 15) is 0 Å². The Bertz CT molecular complexity index is 1870. The van der Waals surface area contributed by atoms with E-state index in [-0.39, 0.29) is 0 Å². The third-order valence-electron chi connectivity index (χ3n) is 6.29. The van der Waals surface area contributed by atoms with Crippen molar-refractivity contribution < 1.29 is 18.6 Å². The number of ether oxygens (including phenoxy) is 3. The smallest absolute Gasteiger partial charge is 0.294 e. The number of thiophene rings is 1. The van der Waals surface area contributed by atoms with E-state index in [1.807, 2.05) is 24.4 Å². The number of hydrogen-bond acceptors (Lipinski definition) is 8. The Morgan fingerprint density at radius 3 is 2.68 bits per heavy atom. The molecule has 0 amide bonds. The van der Waals surface area contributed by atoms with Crippen molar-refractivity contribution in [2.24, 2.45) is 0 Å². The fourth-order valence-corrected chi connectivity index (χ4v) is 6.19. The van der Waals surface area contributed by atoms with Gasteiger partial charge in [-0.2, -0.15) is 0 Å². The second-order valence-electron chi connectivity index (χ2n) is 8.71. The summed E-state index contributed by atoms with van der Waals surface area (Å²) in [7, 11) is 3.22. The van der Waals surface area contributed by atoms with Gasteiger partial charge in [0.2, 0.25) is 4.96 Å². The van der Waals surface area contributed by atoms with Crippen molar-refractivity contribution in [3.8, 4) is 38.6 Å². The zero-order valence-corrected chi connectivity index (χ0v) is 22.1. The summed E-state index contributed by atoms with van der Waals surface area (Å²) in [4.78, 5) is 6.61. The van der Waals surface area contributed by atoms with Crippen LogP contribution in [0.3, 0.4) is 0 Å². The third kappa shape index (κ3) is 4.06. The van der Waals surface area contributed by atoms with E-state index in [4.69, 9.17) is 18.6 Å². The van der Waals surface area contributed by atoms with E-state index < -0.39 is 0 Å². The lowest BCUT2D eigenvalue weighted by molar-refractivity contribution is 0.307. The second kappa shape index (κ2) is 9.20. The van der Waals surface area contributed by atoms with Gasteiger partial charge in [-0.15, -0.1) is 16.4 Å². The summed E-state index contributed by atoms with van der Waals surface area (Å²) in [5, 5.41) is 7.01. The highest BCUT2D eigenvalue weighted by atomic mass is 32.1. The molecule has 4 heterocycles. The van der Waals surface area contributed by atoms with Crippen molar-refractivity contribution in [3.63, 3.8) is 0 Å². The fourth-order valence-electron chi connectivity index (χ4n) is 4.43. The van der Waals surface area contributed by atoms with Crippen LogP contribution >= 0.6 is 22.7 Å². The van der Waals surface area contributed by atoms with Gasteiger partial charge in [0, 0.05) is 21.7 Å². The van der Waals surface area contributed by atoms with Crippen LogP contribution in [-0.4, -0.2) is 28.8 Å². The molecule has 0 saturated carbocycles. The van der Waals surface area contributed by atoms with Gasteiger partial charge in [0.15, 0.2) is 5.76 Å². The van der Waals surface area contributed by atoms with E-state index in [2.05, 4.69) is 64.7 Å². The maximum absolute atomic E-state index is 6.33. The first-order valence-electron chi connectivity index (χ1n) is 11.9. The van der Waals surface area contributed by atoms with Crippen LogP contribution in [0.25, 0.3) is 47.9 Å². The molecular formula is C29H21N3O4S2. The molecule has 0 aliphatic heterocycles. The van der Waals surface area contributed by atoms with Crippen LogP contribution in [0.1, 0.15) is 5.56 Å². The molecule has 38 heavy (non-hydrogen) atoms. The highest BCUT2D eigenvalue weighted by Crippen LogP contribution is 2.38. The average Bonchev–Trinajstić information content (AvgIpc) is 3.72. The fraction of sp³-hybridized carbons (Fsp3) is 0.103. The first-order chi connectivity index (χ1) is 18.7. The first-order valence-corrected chi connectivity index (χ1v) is 13.5. The Labute approximate surface area is 225 Å². The van der Waals surface area contributed by atoms with Crippen LogP contribution < -0.4 is 14.2 Å². The SMILES string of the molecule is COc1cc(OCc2cccc(-c3cc4ccccc4s3)c2)c2cc(-c3cn4nc(OC)sc4n3)oc2c1. The number of imidazole rings is 1. The van der Waals surface area contributed by atoms with E-state index in [1.165, 1.54) is 31.9 Å². The van der Waals surface area contributed by atoms with Crippen LogP contribution in [-0.2, 0) is 6.61 Å². The summed E-state index contributed by atoms with van der Waals surface area (Å²) in [6.07, 6.45) is 1.82. The number of aromatic nitrogens is 3. The van der Waals surface area contributed by atoms with Crippen molar-refractivity contribution in [1.29, 1.82) is 0 Å². The Morgan fingerprint density at radius 1 is 0.921 bits per heavy atom. The monoisotopic (exact) mass is 539 g/mol. The summed E-state index contributed by atoms with van der Waals surface area (Å²) in [5.74, 6) is 1.97. The minimum Gasteiger partial charge on any atom is -0.496 e. The number of rotatable bonds is 7. The molecule has 0 unspecified atom stereocenters. The van der Waals surface area contributed by atoms with E-state index in [0.29, 0.717) is 40.3 Å². The molecule has 0 aliphatic carbocycles. The molecule has 0 spiro atoms. The van der Waals surface area contributed by atoms with Crippen molar-refractivity contribution in [2.75, 3.05) is 14.2 Å². The van der Waals surface area contributed by atoms with Gasteiger partial charge in [0.25, 0.3) is 5.19 Å². The minimum absolute atomic E-state index is 0.408. The predicted molar refractivity (Wildman–Crippen MR) is 151 cm³/mol. The Kier molecular flexibility index (Phi) is 5.52. The van der Waals surface area contributed by atoms with E-state index >= 15 is 0 Å². The highest BCUT2D eigenvalue weighted by molar-refractivity contribution is 7.22. The first kappa shape index (κ1) is 22.8. The molecule has 3 aromatic carbocycles. The van der Waals surface area contributed by atoms with Crippen molar-refractivity contribution in [2.45, 2.75) is 6.61 Å². The Hall–Kier alpha value is -4.34. The molecule has 4 aromatic heterocycles. The van der Waals surface area contributed by atoms with Crippen LogP contribution in [0.5, 0.6) is 16.7 Å². The third-order valence-corrected chi connectivity index (χ3v) is 8.34. The summed E-state index contributed by atoms with van der Waals surface area (Å²) in [6, 6.07) is 24.9. The molecule has 0 radical (unpaired) electrons. The van der Waals surface area contributed by atoms with Crippen LogP contribution in [0.2, 0.25) is 0 Å². The summed E-state index contributed by atoms with van der Waals surface area (Å²) >= 11 is 3.16. The lowest BCUT2D eigenvalue weighted by Crippen LogP contribution is -1.96. The van der Waals surface area contributed by atoms with E-state index in [0.717, 1.165) is 15.9 Å². The molecule has 0 saturated heterocycles. The highest BCUT2D eigenvalue weighted by Gasteiger charge is 2.17. The molecule has 7 aromatic rings. The van der Waals surface area contributed by atoms with Gasteiger partial charge < -0.3 is 18.6 Å². The molecular weight excluding hydrogens is 518 g/mol. The molecule has 0 aliphatic rings. The summed E-state index contributed by atoms with van der Waals surface area (Å²) < 4.78 is 26.2. The van der Waals surface area contributed by atoms with Gasteiger partial charge in [-0.05, 0) is 52.1 Å². The maximum atomic E-state index is 6.33. The molecule has 0 fully saturated rings. The molecule has 188 valence electrons. The predicted octanol–water partition coefficient (Wildman–Crippen LogP) is 7.68. The topological polar surface area (TPSA) is 71.0 Å². The number of nitrogens with zero attached hydrogens (tertiary/aromatic N) is 3. The van der Waals surface area contributed by atoms with E-state index in [1.54, 1.807) is 30.1 Å². The van der Waals surface area contributed by atoms with Gasteiger partial charge in [-0.1, -0.05) is 36.4 Å². The summed E-state index contributed by atoms with van der Waals surface area (Å²) in [5.41, 5.74) is 3.60. The molecule has 0 N–H and O–H groups in total. The number of benzene rings is 3. The molecule has 9 heteroatoms. The molecule has 7 nitrogen and oxygen atoms in total. The molecule has 7 rings (SSSR count). The van der Waals surface area contributed by atoms with Gasteiger partial charge in [-0.3, -0.25) is 0 Å². The standard InChI is InChI=1S/C29H21N3O4S2/c1-33-20-12-23(21-14-25(36-24(21)13-20)22-15-32-28(30-22)38-29(31-32)34-2)35-16-17-6-5-8-18(10-17)27-11-19-7-3-4-9-26(19)37-27/h3-15H,16H2,1-2H3. The number of hydrogen-bond donors (Lipinski definition) is 0. The van der Waals surface area contributed by atoms with Crippen molar-refractivity contribution in [1.82, 2.24) is 14.6 Å². The van der Waals surface area contributed by atoms with Crippen molar-refractivity contribution in [3.05, 3.63) is 84.6 Å². The van der Waals surface area contributed by atoms with Crippen molar-refractivity contribution >= 4 is 48.7 Å². The number of fused-ring (bicyclic) bond motifs is 3.